The summed E-state index contributed by atoms with van der Waals surface area (Å²) in [5, 5.41) is 0. The number of hydrogen-bond acceptors (Lipinski definition) is 2. The summed E-state index contributed by atoms with van der Waals surface area (Å²) >= 11 is 0. The van der Waals surface area contributed by atoms with Crippen molar-refractivity contribution in [1.29, 1.82) is 0 Å². The first-order valence-electron chi connectivity index (χ1n) is 8.30. The predicted octanol–water partition coefficient (Wildman–Crippen LogP) is 4.79. The van der Waals surface area contributed by atoms with E-state index in [0.717, 1.165) is 12.8 Å². The zero-order chi connectivity index (χ0) is 14.8. The summed E-state index contributed by atoms with van der Waals surface area (Å²) in [6, 6.07) is 9.31. The van der Waals surface area contributed by atoms with E-state index in [1.54, 1.807) is 0 Å². The molecule has 0 amide bonds. The monoisotopic (exact) mass is 312 g/mol. The molecule has 1 atom stereocenters. The van der Waals surface area contributed by atoms with Crippen LogP contribution in [0.4, 0.5) is 5.69 Å². The van der Waals surface area contributed by atoms with Crippen molar-refractivity contribution in [1.82, 2.24) is 0 Å². The van der Waals surface area contributed by atoms with E-state index in [-0.39, 0.29) is 18.4 Å². The Morgan fingerprint density at radius 2 is 1.48 bits per heavy atom. The molecule has 0 aliphatic rings. The van der Waals surface area contributed by atoms with Crippen molar-refractivity contribution in [3.05, 3.63) is 29.8 Å². The van der Waals surface area contributed by atoms with E-state index in [1.165, 1.54) is 50.0 Å². The van der Waals surface area contributed by atoms with Gasteiger partial charge < -0.3 is 10.6 Å². The Labute approximate surface area is 137 Å². The lowest BCUT2D eigenvalue weighted by Gasteiger charge is -2.25. The summed E-state index contributed by atoms with van der Waals surface area (Å²) in [7, 11) is 0. The number of nitrogens with two attached hydrogens (primary N) is 1. The fourth-order valence-electron chi connectivity index (χ4n) is 2.36. The highest BCUT2D eigenvalue weighted by atomic mass is 35.5. The van der Waals surface area contributed by atoms with Gasteiger partial charge in [-0.3, -0.25) is 0 Å². The lowest BCUT2D eigenvalue weighted by molar-refractivity contribution is 0.646. The quantitative estimate of drug-likeness (QED) is 0.672. The van der Waals surface area contributed by atoms with Gasteiger partial charge in [0.2, 0.25) is 0 Å². The molecule has 1 unspecified atom stereocenters. The van der Waals surface area contributed by atoms with Gasteiger partial charge in [-0.1, -0.05) is 45.7 Å². The maximum absolute atomic E-state index is 6.02. The van der Waals surface area contributed by atoms with Crippen molar-refractivity contribution in [2.24, 2.45) is 5.73 Å². The van der Waals surface area contributed by atoms with Gasteiger partial charge >= 0.3 is 0 Å². The molecule has 21 heavy (non-hydrogen) atoms. The highest BCUT2D eigenvalue weighted by Gasteiger charge is 2.06. The number of halogens is 1. The second-order valence-corrected chi connectivity index (χ2v) is 5.73. The van der Waals surface area contributed by atoms with Gasteiger partial charge in [0.15, 0.2) is 0 Å². The first-order valence-corrected chi connectivity index (χ1v) is 8.30. The summed E-state index contributed by atoms with van der Waals surface area (Å²) in [6.07, 6.45) is 7.08. The van der Waals surface area contributed by atoms with E-state index in [4.69, 9.17) is 5.73 Å². The Hall–Kier alpha value is -0.730. The second kappa shape index (κ2) is 11.9. The maximum atomic E-state index is 6.02. The SMILES string of the molecule is CCCCN(CCCC)c1ccc(CC(N)CC)cc1.Cl. The number of rotatable bonds is 10. The minimum absolute atomic E-state index is 0. The van der Waals surface area contributed by atoms with Crippen LogP contribution in [0.5, 0.6) is 0 Å². The van der Waals surface area contributed by atoms with Crippen LogP contribution < -0.4 is 10.6 Å². The summed E-state index contributed by atoms with van der Waals surface area (Å²) in [6.45, 7) is 9.01. The Balaban J connectivity index is 0.00000400. The lowest BCUT2D eigenvalue weighted by Crippen LogP contribution is -2.25. The lowest BCUT2D eigenvalue weighted by atomic mass is 10.0. The Morgan fingerprint density at radius 1 is 0.952 bits per heavy atom. The summed E-state index contributed by atoms with van der Waals surface area (Å²) in [5.41, 5.74) is 8.74. The molecule has 0 saturated carbocycles. The van der Waals surface area contributed by atoms with Crippen LogP contribution in [0, 0.1) is 0 Å². The summed E-state index contributed by atoms with van der Waals surface area (Å²) in [4.78, 5) is 2.52. The van der Waals surface area contributed by atoms with Gasteiger partial charge in [-0.2, -0.15) is 0 Å². The Kier molecular flexibility index (Phi) is 11.5. The molecule has 1 aromatic rings. The van der Waals surface area contributed by atoms with Crippen LogP contribution in [-0.4, -0.2) is 19.1 Å². The van der Waals surface area contributed by atoms with Crippen LogP contribution >= 0.6 is 12.4 Å². The van der Waals surface area contributed by atoms with E-state index in [1.807, 2.05) is 0 Å². The zero-order valence-electron chi connectivity index (χ0n) is 14.0. The molecule has 0 radical (unpaired) electrons. The van der Waals surface area contributed by atoms with Crippen molar-refractivity contribution >= 4 is 18.1 Å². The average molecular weight is 313 g/mol. The Bertz CT molecular complexity index is 343. The largest absolute Gasteiger partial charge is 0.372 e. The number of unbranched alkanes of at least 4 members (excludes halogenated alkanes) is 2. The van der Waals surface area contributed by atoms with Gasteiger partial charge in [0.1, 0.15) is 0 Å². The van der Waals surface area contributed by atoms with Gasteiger partial charge in [0, 0.05) is 24.8 Å². The topological polar surface area (TPSA) is 29.3 Å². The first kappa shape index (κ1) is 20.3. The molecule has 2 nitrogen and oxygen atoms in total. The van der Waals surface area contributed by atoms with Crippen LogP contribution in [0.1, 0.15) is 58.4 Å². The van der Waals surface area contributed by atoms with Crippen LogP contribution in [0.3, 0.4) is 0 Å². The predicted molar refractivity (Wildman–Crippen MR) is 97.7 cm³/mol. The molecule has 3 heteroatoms. The van der Waals surface area contributed by atoms with Crippen molar-refractivity contribution < 1.29 is 0 Å². The molecule has 122 valence electrons. The van der Waals surface area contributed by atoms with Crippen molar-refractivity contribution in [3.8, 4) is 0 Å². The minimum atomic E-state index is 0. The van der Waals surface area contributed by atoms with Crippen LogP contribution in [-0.2, 0) is 6.42 Å². The molecule has 0 aliphatic heterocycles. The molecule has 2 N–H and O–H groups in total. The smallest absolute Gasteiger partial charge is 0.0366 e. The third-order valence-corrected chi connectivity index (χ3v) is 3.89. The van der Waals surface area contributed by atoms with Crippen molar-refractivity contribution in [2.75, 3.05) is 18.0 Å². The minimum Gasteiger partial charge on any atom is -0.372 e. The average Bonchev–Trinajstić information content (AvgIpc) is 2.48. The van der Waals surface area contributed by atoms with Gasteiger partial charge in [0.05, 0.1) is 0 Å². The van der Waals surface area contributed by atoms with Crippen molar-refractivity contribution in [3.63, 3.8) is 0 Å². The molecule has 0 saturated heterocycles. The normalized spacial score (nSPS) is 11.8. The molecule has 1 rings (SSSR count). The summed E-state index contributed by atoms with van der Waals surface area (Å²) in [5.74, 6) is 0. The Morgan fingerprint density at radius 3 is 1.90 bits per heavy atom. The summed E-state index contributed by atoms with van der Waals surface area (Å²) < 4.78 is 0. The fourth-order valence-corrected chi connectivity index (χ4v) is 2.36. The zero-order valence-corrected chi connectivity index (χ0v) is 14.8. The van der Waals surface area contributed by atoms with Gasteiger partial charge in [0.25, 0.3) is 0 Å². The molecule has 0 fully saturated rings. The van der Waals surface area contributed by atoms with E-state index >= 15 is 0 Å². The molecule has 0 aliphatic carbocycles. The maximum Gasteiger partial charge on any atom is 0.0366 e. The molecule has 0 aromatic heterocycles. The van der Waals surface area contributed by atoms with Crippen LogP contribution in [0.2, 0.25) is 0 Å². The number of anilines is 1. The van der Waals surface area contributed by atoms with E-state index < -0.39 is 0 Å². The standard InChI is InChI=1S/C18H32N2.ClH/c1-4-7-13-20(14-8-5-2)18-11-9-16(10-12-18)15-17(19)6-3;/h9-12,17H,4-8,13-15,19H2,1-3H3;1H. The molecule has 0 spiro atoms. The third-order valence-electron chi connectivity index (χ3n) is 3.89. The van der Waals surface area contributed by atoms with E-state index in [9.17, 15) is 0 Å². The highest BCUT2D eigenvalue weighted by Crippen LogP contribution is 2.18. The van der Waals surface area contributed by atoms with E-state index in [2.05, 4.69) is 49.9 Å². The molecular weight excluding hydrogens is 280 g/mol. The fraction of sp³-hybridized carbons (Fsp3) is 0.667. The highest BCUT2D eigenvalue weighted by molar-refractivity contribution is 5.85. The second-order valence-electron chi connectivity index (χ2n) is 5.73. The number of nitrogens with zero attached hydrogens (tertiary/aromatic N) is 1. The van der Waals surface area contributed by atoms with Gasteiger partial charge in [-0.25, -0.2) is 0 Å². The van der Waals surface area contributed by atoms with Crippen LogP contribution in [0.15, 0.2) is 24.3 Å². The van der Waals surface area contributed by atoms with Gasteiger partial charge in [-0.05, 0) is 43.4 Å². The van der Waals surface area contributed by atoms with E-state index in [0.29, 0.717) is 0 Å². The molecule has 0 bridgehead atoms. The molecule has 0 heterocycles. The molecule has 1 aromatic carbocycles. The van der Waals surface area contributed by atoms with Gasteiger partial charge in [-0.15, -0.1) is 12.4 Å². The number of hydrogen-bond donors (Lipinski definition) is 1. The van der Waals surface area contributed by atoms with Crippen LogP contribution in [0.25, 0.3) is 0 Å². The first-order chi connectivity index (χ1) is 9.71. The number of benzene rings is 1. The van der Waals surface area contributed by atoms with Crippen molar-refractivity contribution in [2.45, 2.75) is 65.3 Å². The third kappa shape index (κ3) is 7.73. The molecular formula is C18H33ClN2.